The number of hydrogen-bond acceptors (Lipinski definition) is 14. The molecule has 20 heteroatoms. The predicted molar refractivity (Wildman–Crippen MR) is 333 cm³/mol. The van der Waals surface area contributed by atoms with E-state index in [-0.39, 0.29) is 72.7 Å². The summed E-state index contributed by atoms with van der Waals surface area (Å²) >= 11 is 6.61. The van der Waals surface area contributed by atoms with Crippen molar-refractivity contribution in [3.8, 4) is 22.3 Å². The van der Waals surface area contributed by atoms with Crippen molar-refractivity contribution in [2.45, 2.75) is 78.9 Å². The van der Waals surface area contributed by atoms with Crippen LogP contribution in [0.2, 0.25) is 0 Å². The van der Waals surface area contributed by atoms with Crippen molar-refractivity contribution < 1.29 is 36.7 Å². The minimum Gasteiger partial charge on any atom is -0.459 e. The fourth-order valence-electron chi connectivity index (χ4n) is 7.71. The molecule has 16 nitrogen and oxygen atoms in total. The Bertz CT molecular complexity index is 4080. The van der Waals surface area contributed by atoms with Crippen LogP contribution < -0.4 is 43.8 Å². The summed E-state index contributed by atoms with van der Waals surface area (Å²) < 4.78 is 34.2. The van der Waals surface area contributed by atoms with Gasteiger partial charge in [-0.05, 0) is 124 Å². The van der Waals surface area contributed by atoms with Gasteiger partial charge < -0.3 is 49.2 Å². The standard InChI is InChI=1S/C21H21NO4.C16H13NO2.C15H16BrNO4.C10H8BrNO2.2ClH/c1-21(2,3)26-20(24)22-13-16-12-18(23)17-11-15(9-10-19(17)25-16)14-7-5-4-6-8-14;17-10-13-9-15(18)14-8-12(6-7-16(14)19-13)11-4-2-1-3-5-11;1-15(2,3)21-14(19)17-8-10-7-12(18)11-6-9(16)4-5-13(11)20-10;11-6-1-2-10-8(3-6)9(13)4-7(5-12)14-10;;/h4-12H,13H2,1-3H3,(H,22,24);1-9H,10,17H2;4-7H,8H2,1-3H3,(H,17,19);1-4H,5,12H2;2*1H. The number of amides is 2. The van der Waals surface area contributed by atoms with Crippen molar-refractivity contribution in [1.82, 2.24) is 10.6 Å². The number of fused-ring (bicyclic) bond motifs is 4. The van der Waals surface area contributed by atoms with Gasteiger partial charge in [0.2, 0.25) is 0 Å². The summed E-state index contributed by atoms with van der Waals surface area (Å²) in [6, 6.07) is 47.0. The number of hydrogen-bond donors (Lipinski definition) is 4. The molecular formula is C62H60Br2Cl2N4O12. The summed E-state index contributed by atoms with van der Waals surface area (Å²) in [5.41, 5.74) is 15.5. The number of ether oxygens (including phenoxy) is 2. The molecule has 0 bridgehead atoms. The lowest BCUT2D eigenvalue weighted by Gasteiger charge is -2.19. The van der Waals surface area contributed by atoms with Crippen LogP contribution in [0.5, 0.6) is 0 Å². The number of alkyl carbamates (subject to hydrolysis) is 2. The zero-order valence-electron chi connectivity index (χ0n) is 45.5. The Morgan fingerprint density at radius 1 is 0.415 bits per heavy atom. The molecule has 10 aromatic rings. The highest BCUT2D eigenvalue weighted by Crippen LogP contribution is 2.26. The van der Waals surface area contributed by atoms with E-state index in [1.165, 1.54) is 24.3 Å². The van der Waals surface area contributed by atoms with Crippen LogP contribution in [0.25, 0.3) is 66.1 Å². The summed E-state index contributed by atoms with van der Waals surface area (Å²) in [5, 5.41) is 7.29. The lowest BCUT2D eigenvalue weighted by Crippen LogP contribution is -2.32. The highest BCUT2D eigenvalue weighted by molar-refractivity contribution is 9.10. The molecule has 0 radical (unpaired) electrons. The first-order chi connectivity index (χ1) is 38.0. The topological polar surface area (TPSA) is 250 Å². The van der Waals surface area contributed by atoms with Crippen molar-refractivity contribution in [2.75, 3.05) is 0 Å². The van der Waals surface area contributed by atoms with Gasteiger partial charge in [0, 0.05) is 33.2 Å². The van der Waals surface area contributed by atoms with E-state index >= 15 is 0 Å². The van der Waals surface area contributed by atoms with Crippen LogP contribution in [0.15, 0.2) is 204 Å². The lowest BCUT2D eigenvalue weighted by atomic mass is 10.0. The number of benzene rings is 6. The molecule has 6 N–H and O–H groups in total. The molecule has 0 saturated heterocycles. The molecule has 4 heterocycles. The summed E-state index contributed by atoms with van der Waals surface area (Å²) in [6.45, 7) is 11.3. The van der Waals surface area contributed by atoms with E-state index in [1.54, 1.807) is 77.9 Å². The first-order valence-corrected chi connectivity index (χ1v) is 26.7. The molecule has 4 aromatic heterocycles. The van der Waals surface area contributed by atoms with Gasteiger partial charge in [0.15, 0.2) is 21.7 Å². The normalized spacial score (nSPS) is 10.9. The van der Waals surface area contributed by atoms with E-state index in [0.717, 1.165) is 31.2 Å². The van der Waals surface area contributed by atoms with Gasteiger partial charge >= 0.3 is 12.2 Å². The second-order valence-electron chi connectivity index (χ2n) is 19.9. The largest absolute Gasteiger partial charge is 0.459 e. The van der Waals surface area contributed by atoms with Crippen molar-refractivity contribution in [2.24, 2.45) is 11.5 Å². The second-order valence-corrected chi connectivity index (χ2v) is 21.7. The van der Waals surface area contributed by atoms with Gasteiger partial charge in [-0.15, -0.1) is 24.8 Å². The van der Waals surface area contributed by atoms with Gasteiger partial charge in [-0.2, -0.15) is 0 Å². The highest BCUT2D eigenvalue weighted by atomic mass is 79.9. The quantitative estimate of drug-likeness (QED) is 0.110. The number of halogens is 4. The smallest absolute Gasteiger partial charge is 0.408 e. The Morgan fingerprint density at radius 3 is 1.02 bits per heavy atom. The Labute approximate surface area is 500 Å². The molecule has 0 aliphatic rings. The molecule has 82 heavy (non-hydrogen) atoms. The van der Waals surface area contributed by atoms with Crippen molar-refractivity contribution in [3.63, 3.8) is 0 Å². The molecule has 0 unspecified atom stereocenters. The van der Waals surface area contributed by atoms with E-state index < -0.39 is 23.4 Å². The molecule has 0 atom stereocenters. The Kier molecular flexibility index (Phi) is 23.2. The maximum absolute atomic E-state index is 12.5. The molecule has 0 fully saturated rings. The summed E-state index contributed by atoms with van der Waals surface area (Å²) in [6.07, 6.45) is -1.11. The number of nitrogens with one attached hydrogen (secondary N) is 2. The van der Waals surface area contributed by atoms with Gasteiger partial charge in [-0.1, -0.05) is 105 Å². The minimum atomic E-state index is -0.581. The van der Waals surface area contributed by atoms with Crippen LogP contribution in [0.4, 0.5) is 9.59 Å². The molecule has 10 rings (SSSR count). The van der Waals surface area contributed by atoms with Crippen molar-refractivity contribution in [3.05, 3.63) is 231 Å². The zero-order chi connectivity index (χ0) is 57.7. The molecule has 6 aromatic carbocycles. The molecule has 428 valence electrons. The van der Waals surface area contributed by atoms with E-state index in [0.29, 0.717) is 66.9 Å². The van der Waals surface area contributed by atoms with Crippen LogP contribution in [0.1, 0.15) is 64.6 Å². The van der Waals surface area contributed by atoms with Crippen molar-refractivity contribution >= 4 is 113 Å². The predicted octanol–water partition coefficient (Wildman–Crippen LogP) is 13.8. The van der Waals surface area contributed by atoms with Crippen LogP contribution in [0.3, 0.4) is 0 Å². The van der Waals surface area contributed by atoms with E-state index in [9.17, 15) is 28.8 Å². The monoisotopic (exact) mass is 1280 g/mol. The van der Waals surface area contributed by atoms with Crippen LogP contribution in [0, 0.1) is 0 Å². The number of carbonyl (C=O) groups excluding carboxylic acids is 2. The first kappa shape index (κ1) is 65.0. The fraction of sp³-hybridized carbons (Fsp3) is 0.194. The molecule has 0 saturated carbocycles. The summed E-state index contributed by atoms with van der Waals surface area (Å²) in [7, 11) is 0. The van der Waals surface area contributed by atoms with Crippen LogP contribution in [-0.2, 0) is 35.7 Å². The average molecular weight is 1280 g/mol. The third-order valence-electron chi connectivity index (χ3n) is 11.3. The van der Waals surface area contributed by atoms with E-state index in [4.69, 9.17) is 38.6 Å². The Balaban J connectivity index is 0.000000203. The second kappa shape index (κ2) is 29.2. The van der Waals surface area contributed by atoms with Crippen LogP contribution in [-0.4, -0.2) is 23.4 Å². The molecular weight excluding hydrogens is 1220 g/mol. The summed E-state index contributed by atoms with van der Waals surface area (Å²) in [5.74, 6) is 1.76. The van der Waals surface area contributed by atoms with Crippen molar-refractivity contribution in [1.29, 1.82) is 0 Å². The number of nitrogens with two attached hydrogens (primary N) is 2. The van der Waals surface area contributed by atoms with E-state index in [1.807, 2.05) is 97.1 Å². The number of rotatable bonds is 8. The minimum absolute atomic E-state index is 0. The number of carbonyl (C=O) groups is 2. The lowest BCUT2D eigenvalue weighted by molar-refractivity contribution is 0.0509. The van der Waals surface area contributed by atoms with Gasteiger partial charge in [0.05, 0.1) is 47.7 Å². The molecule has 0 aliphatic heterocycles. The zero-order valence-corrected chi connectivity index (χ0v) is 50.3. The SMILES string of the molecule is CC(C)(C)OC(=O)NCc1cc(=O)c2cc(-c3ccccc3)ccc2o1.CC(C)(C)OC(=O)NCc1cc(=O)c2cc(Br)ccc2o1.Cl.Cl.NCc1cc(=O)c2cc(-c3ccccc3)ccc2o1.NCc1cc(=O)c2cc(Br)ccc2o1. The van der Waals surface area contributed by atoms with E-state index in [2.05, 4.69) is 42.5 Å². The van der Waals surface area contributed by atoms with Crippen LogP contribution >= 0.6 is 56.7 Å². The molecule has 2 amide bonds. The van der Waals surface area contributed by atoms with Gasteiger partial charge in [0.1, 0.15) is 56.6 Å². The van der Waals surface area contributed by atoms with Gasteiger partial charge in [-0.3, -0.25) is 19.2 Å². The third-order valence-corrected chi connectivity index (χ3v) is 12.3. The fourth-order valence-corrected chi connectivity index (χ4v) is 8.43. The maximum atomic E-state index is 12.5. The maximum Gasteiger partial charge on any atom is 0.408 e. The molecule has 0 spiro atoms. The molecule has 0 aliphatic carbocycles. The first-order valence-electron chi connectivity index (χ1n) is 25.1. The van der Waals surface area contributed by atoms with Gasteiger partial charge in [0.25, 0.3) is 0 Å². The summed E-state index contributed by atoms with van der Waals surface area (Å²) in [4.78, 5) is 71.3. The Morgan fingerprint density at radius 2 is 0.707 bits per heavy atom. The highest BCUT2D eigenvalue weighted by Gasteiger charge is 2.18. The van der Waals surface area contributed by atoms with Gasteiger partial charge in [-0.25, -0.2) is 9.59 Å². The Hall–Kier alpha value is -7.84. The third kappa shape index (κ3) is 18.6. The average Bonchev–Trinajstić information content (AvgIpc) is 3.18.